The second-order valence-corrected chi connectivity index (χ2v) is 5.87. The predicted octanol–water partition coefficient (Wildman–Crippen LogP) is 2.32. The van der Waals surface area contributed by atoms with E-state index < -0.39 is 5.82 Å². The normalized spacial score (nSPS) is 17.8. The van der Waals surface area contributed by atoms with Crippen LogP contribution in [0.2, 0.25) is 0 Å². The highest BCUT2D eigenvalue weighted by Gasteiger charge is 2.30. The summed E-state index contributed by atoms with van der Waals surface area (Å²) in [6, 6.07) is 8.45. The molecule has 1 aliphatic rings. The van der Waals surface area contributed by atoms with Crippen molar-refractivity contribution in [2.24, 2.45) is 7.05 Å². The smallest absolute Gasteiger partial charge is 0.227 e. The molecule has 1 fully saturated rings. The summed E-state index contributed by atoms with van der Waals surface area (Å²) >= 11 is 0. The third-order valence-electron chi connectivity index (χ3n) is 4.35. The van der Waals surface area contributed by atoms with Crippen LogP contribution in [0.5, 0.6) is 5.75 Å². The summed E-state index contributed by atoms with van der Waals surface area (Å²) in [6.45, 7) is 1.53. The van der Waals surface area contributed by atoms with Crippen molar-refractivity contribution in [1.29, 1.82) is 0 Å². The first-order chi connectivity index (χ1) is 11.6. The zero-order valence-corrected chi connectivity index (χ0v) is 13.9. The van der Waals surface area contributed by atoms with Gasteiger partial charge in [-0.1, -0.05) is 6.07 Å². The number of aromatic nitrogens is 1. The molecule has 0 aliphatic carbocycles. The lowest BCUT2D eigenvalue weighted by molar-refractivity contribution is -0.139. The van der Waals surface area contributed by atoms with Gasteiger partial charge in [0.05, 0.1) is 32.8 Å². The van der Waals surface area contributed by atoms with Crippen LogP contribution in [0.4, 0.5) is 4.39 Å². The van der Waals surface area contributed by atoms with E-state index in [1.165, 1.54) is 13.2 Å². The van der Waals surface area contributed by atoms with Gasteiger partial charge in [-0.3, -0.25) is 4.79 Å². The Bertz CT molecular complexity index is 729. The van der Waals surface area contributed by atoms with Crippen molar-refractivity contribution >= 4 is 5.91 Å². The molecule has 1 atom stereocenters. The lowest BCUT2D eigenvalue weighted by atomic mass is 10.1. The van der Waals surface area contributed by atoms with E-state index in [4.69, 9.17) is 9.47 Å². The number of hydrogen-bond donors (Lipinski definition) is 0. The van der Waals surface area contributed by atoms with Crippen molar-refractivity contribution in [3.05, 3.63) is 53.6 Å². The van der Waals surface area contributed by atoms with E-state index in [1.807, 2.05) is 34.8 Å². The van der Waals surface area contributed by atoms with Gasteiger partial charge in [0.15, 0.2) is 11.6 Å². The molecule has 5 nitrogen and oxygen atoms in total. The summed E-state index contributed by atoms with van der Waals surface area (Å²) in [5.74, 6) is -0.308. The quantitative estimate of drug-likeness (QED) is 0.863. The maximum absolute atomic E-state index is 13.8. The lowest BCUT2D eigenvalue weighted by Crippen LogP contribution is -2.44. The number of aryl methyl sites for hydroxylation is 1. The molecule has 0 radical (unpaired) electrons. The first kappa shape index (κ1) is 16.5. The van der Waals surface area contributed by atoms with Crippen molar-refractivity contribution in [2.75, 3.05) is 26.9 Å². The van der Waals surface area contributed by atoms with Gasteiger partial charge in [0, 0.05) is 25.5 Å². The molecule has 24 heavy (non-hydrogen) atoms. The van der Waals surface area contributed by atoms with Crippen LogP contribution >= 0.6 is 0 Å². The lowest BCUT2D eigenvalue weighted by Gasteiger charge is -2.36. The number of carbonyl (C=O) groups excluding carboxylic acids is 1. The number of halogens is 1. The molecule has 1 aliphatic heterocycles. The Morgan fingerprint density at radius 2 is 2.25 bits per heavy atom. The molecule has 3 rings (SSSR count). The second kappa shape index (κ2) is 7.05. The van der Waals surface area contributed by atoms with Crippen molar-refractivity contribution in [2.45, 2.75) is 12.5 Å². The average molecular weight is 332 g/mol. The minimum absolute atomic E-state index is 0.0333. The summed E-state index contributed by atoms with van der Waals surface area (Å²) < 4.78 is 26.3. The Balaban J connectivity index is 1.77. The molecule has 1 aromatic heterocycles. The van der Waals surface area contributed by atoms with Gasteiger partial charge in [0.25, 0.3) is 0 Å². The number of ether oxygens (including phenoxy) is 2. The Morgan fingerprint density at radius 3 is 2.92 bits per heavy atom. The zero-order chi connectivity index (χ0) is 17.1. The SMILES string of the molecule is COc1ccc(CC(=O)N2CCOC[C@@H]2c2cccn2C)cc1F. The molecular formula is C18H21FN2O3. The molecule has 0 bridgehead atoms. The first-order valence-corrected chi connectivity index (χ1v) is 7.91. The molecule has 0 unspecified atom stereocenters. The average Bonchev–Trinajstić information content (AvgIpc) is 3.01. The van der Waals surface area contributed by atoms with Crippen molar-refractivity contribution < 1.29 is 18.7 Å². The molecule has 0 saturated carbocycles. The van der Waals surface area contributed by atoms with Crippen LogP contribution in [0.1, 0.15) is 17.3 Å². The highest BCUT2D eigenvalue weighted by Crippen LogP contribution is 2.26. The maximum atomic E-state index is 13.8. The summed E-state index contributed by atoms with van der Waals surface area (Å²) in [4.78, 5) is 14.6. The number of morpholine rings is 1. The van der Waals surface area contributed by atoms with E-state index in [2.05, 4.69) is 0 Å². The Labute approximate surface area is 140 Å². The van der Waals surface area contributed by atoms with Crippen LogP contribution in [-0.4, -0.2) is 42.2 Å². The van der Waals surface area contributed by atoms with Crippen molar-refractivity contribution in [1.82, 2.24) is 9.47 Å². The van der Waals surface area contributed by atoms with Crippen LogP contribution in [0.15, 0.2) is 36.5 Å². The maximum Gasteiger partial charge on any atom is 0.227 e. The fraction of sp³-hybridized carbons (Fsp3) is 0.389. The summed E-state index contributed by atoms with van der Waals surface area (Å²) in [6.07, 6.45) is 2.10. The van der Waals surface area contributed by atoms with Crippen LogP contribution in [0.25, 0.3) is 0 Å². The number of benzene rings is 1. The highest BCUT2D eigenvalue weighted by molar-refractivity contribution is 5.79. The standard InChI is InChI=1S/C18H21FN2O3/c1-20-7-3-4-15(20)16-12-24-9-8-21(16)18(22)11-13-5-6-17(23-2)14(19)10-13/h3-7,10,16H,8-9,11-12H2,1-2H3/t16-/m1/s1. The molecule has 2 heterocycles. The topological polar surface area (TPSA) is 43.7 Å². The third-order valence-corrected chi connectivity index (χ3v) is 4.35. The van der Waals surface area contributed by atoms with Gasteiger partial charge in [-0.15, -0.1) is 0 Å². The molecule has 1 amide bonds. The van der Waals surface area contributed by atoms with Gasteiger partial charge in [0.1, 0.15) is 0 Å². The highest BCUT2D eigenvalue weighted by atomic mass is 19.1. The number of nitrogens with zero attached hydrogens (tertiary/aromatic N) is 2. The van der Waals surface area contributed by atoms with Gasteiger partial charge >= 0.3 is 0 Å². The largest absolute Gasteiger partial charge is 0.494 e. The van der Waals surface area contributed by atoms with E-state index in [0.29, 0.717) is 25.3 Å². The Kier molecular flexibility index (Phi) is 4.85. The minimum Gasteiger partial charge on any atom is -0.494 e. The van der Waals surface area contributed by atoms with Crippen molar-refractivity contribution in [3.8, 4) is 5.75 Å². The van der Waals surface area contributed by atoms with Gasteiger partial charge in [-0.05, 0) is 29.8 Å². The molecule has 128 valence electrons. The summed E-state index contributed by atoms with van der Waals surface area (Å²) in [7, 11) is 3.37. The molecule has 0 N–H and O–H groups in total. The van der Waals surface area contributed by atoms with E-state index in [1.54, 1.807) is 12.1 Å². The second-order valence-electron chi connectivity index (χ2n) is 5.87. The zero-order valence-electron chi connectivity index (χ0n) is 13.9. The van der Waals surface area contributed by atoms with E-state index in [0.717, 1.165) is 5.69 Å². The Morgan fingerprint density at radius 1 is 1.42 bits per heavy atom. The molecule has 0 spiro atoms. The number of amides is 1. The monoisotopic (exact) mass is 332 g/mol. The minimum atomic E-state index is -0.455. The van der Waals surface area contributed by atoms with Gasteiger partial charge in [-0.25, -0.2) is 4.39 Å². The van der Waals surface area contributed by atoms with E-state index in [9.17, 15) is 9.18 Å². The first-order valence-electron chi connectivity index (χ1n) is 7.91. The van der Waals surface area contributed by atoms with Gasteiger partial charge in [-0.2, -0.15) is 0 Å². The number of methoxy groups -OCH3 is 1. The summed E-state index contributed by atoms with van der Waals surface area (Å²) in [5, 5.41) is 0. The molecule has 1 aromatic carbocycles. The number of carbonyl (C=O) groups is 1. The molecule has 2 aromatic rings. The Hall–Kier alpha value is -2.34. The van der Waals surface area contributed by atoms with Gasteiger partial charge < -0.3 is 18.9 Å². The van der Waals surface area contributed by atoms with Crippen LogP contribution in [0.3, 0.4) is 0 Å². The number of rotatable bonds is 4. The van der Waals surface area contributed by atoms with Crippen LogP contribution in [-0.2, 0) is 23.0 Å². The fourth-order valence-electron chi connectivity index (χ4n) is 3.06. The van der Waals surface area contributed by atoms with E-state index in [-0.39, 0.29) is 24.1 Å². The number of hydrogen-bond acceptors (Lipinski definition) is 3. The summed E-state index contributed by atoms with van der Waals surface area (Å²) in [5.41, 5.74) is 1.67. The third kappa shape index (κ3) is 3.28. The van der Waals surface area contributed by atoms with Crippen molar-refractivity contribution in [3.63, 3.8) is 0 Å². The molecule has 1 saturated heterocycles. The van der Waals surface area contributed by atoms with E-state index >= 15 is 0 Å². The van der Waals surface area contributed by atoms with Crippen LogP contribution in [0, 0.1) is 5.82 Å². The predicted molar refractivity (Wildman–Crippen MR) is 87.3 cm³/mol. The molecule has 6 heteroatoms. The fourth-order valence-corrected chi connectivity index (χ4v) is 3.06. The van der Waals surface area contributed by atoms with Crippen LogP contribution < -0.4 is 4.74 Å². The molecular weight excluding hydrogens is 311 g/mol. The van der Waals surface area contributed by atoms with Gasteiger partial charge in [0.2, 0.25) is 5.91 Å².